The number of nitrogens with one attached hydrogen (secondary N) is 1. The Morgan fingerprint density at radius 1 is 1.35 bits per heavy atom. The monoisotopic (exact) mass is 275 g/mol. The molecule has 108 valence electrons. The van der Waals surface area contributed by atoms with Gasteiger partial charge in [0.25, 0.3) is 0 Å². The average molecular weight is 275 g/mol. The third-order valence-electron chi connectivity index (χ3n) is 4.88. The first kappa shape index (κ1) is 13.6. The molecule has 0 aromatic heterocycles. The molecule has 0 amide bonds. The molecule has 2 aliphatic carbocycles. The van der Waals surface area contributed by atoms with Crippen LogP contribution in [0.4, 0.5) is 0 Å². The van der Waals surface area contributed by atoms with E-state index in [2.05, 4.69) is 17.6 Å². The first-order valence-corrected chi connectivity index (χ1v) is 7.26. The Kier molecular flexibility index (Phi) is 3.30. The zero-order valence-electron chi connectivity index (χ0n) is 12.1. The lowest BCUT2D eigenvalue weighted by atomic mass is 9.73. The van der Waals surface area contributed by atoms with Crippen molar-refractivity contribution in [1.29, 1.82) is 0 Å². The van der Waals surface area contributed by atoms with E-state index in [4.69, 9.17) is 9.57 Å². The maximum absolute atomic E-state index is 12.7. The van der Waals surface area contributed by atoms with Crippen molar-refractivity contribution in [2.24, 2.45) is 5.41 Å². The molecule has 1 saturated carbocycles. The summed E-state index contributed by atoms with van der Waals surface area (Å²) < 4.78 is 5.40. The van der Waals surface area contributed by atoms with Crippen molar-refractivity contribution >= 4 is 5.97 Å². The molecular formula is C16H21NO3. The number of hydrogen-bond donors (Lipinski definition) is 1. The first-order valence-electron chi connectivity index (χ1n) is 7.26. The quantitative estimate of drug-likeness (QED) is 0.676. The Hall–Kier alpha value is -1.39. The van der Waals surface area contributed by atoms with E-state index < -0.39 is 11.0 Å². The van der Waals surface area contributed by atoms with E-state index in [1.54, 1.807) is 7.11 Å². The van der Waals surface area contributed by atoms with Crippen molar-refractivity contribution in [3.05, 3.63) is 35.4 Å². The van der Waals surface area contributed by atoms with Crippen LogP contribution in [0, 0.1) is 5.41 Å². The molecule has 20 heavy (non-hydrogen) atoms. The summed E-state index contributed by atoms with van der Waals surface area (Å²) in [5, 5.41) is 0. The van der Waals surface area contributed by atoms with Gasteiger partial charge in [0, 0.05) is 0 Å². The highest BCUT2D eigenvalue weighted by Crippen LogP contribution is 2.60. The highest BCUT2D eigenvalue weighted by molar-refractivity contribution is 5.82. The molecule has 2 aliphatic rings. The van der Waals surface area contributed by atoms with E-state index >= 15 is 0 Å². The van der Waals surface area contributed by atoms with Crippen LogP contribution in [0.1, 0.15) is 37.3 Å². The summed E-state index contributed by atoms with van der Waals surface area (Å²) in [6, 6.07) is 8.26. The normalized spacial score (nSPS) is 30.9. The summed E-state index contributed by atoms with van der Waals surface area (Å²) in [6.45, 7) is 2.27. The number of fused-ring (bicyclic) bond motifs is 3. The van der Waals surface area contributed by atoms with Gasteiger partial charge in [0.05, 0.1) is 24.7 Å². The number of benzene rings is 1. The molecule has 0 radical (unpaired) electrons. The van der Waals surface area contributed by atoms with E-state index in [0.717, 1.165) is 25.7 Å². The number of carbonyl (C=O) groups is 1. The molecule has 4 heteroatoms. The minimum absolute atomic E-state index is 0.0988. The second-order valence-corrected chi connectivity index (χ2v) is 5.70. The van der Waals surface area contributed by atoms with Gasteiger partial charge in [-0.3, -0.25) is 4.79 Å². The lowest BCUT2D eigenvalue weighted by molar-refractivity contribution is -0.164. The van der Waals surface area contributed by atoms with Crippen LogP contribution in [0.3, 0.4) is 0 Å². The summed E-state index contributed by atoms with van der Waals surface area (Å²) in [4.78, 5) is 18.0. The molecule has 0 bridgehead atoms. The third kappa shape index (κ3) is 1.58. The maximum Gasteiger partial charge on any atom is 0.314 e. The lowest BCUT2D eigenvalue weighted by Gasteiger charge is -2.39. The molecule has 1 N–H and O–H groups in total. The Bertz CT molecular complexity index is 530. The van der Waals surface area contributed by atoms with E-state index in [1.807, 2.05) is 19.1 Å². The number of hydrogen-bond acceptors (Lipinski definition) is 4. The third-order valence-corrected chi connectivity index (χ3v) is 4.88. The molecule has 4 nitrogen and oxygen atoms in total. The van der Waals surface area contributed by atoms with E-state index in [1.165, 1.54) is 11.1 Å². The summed E-state index contributed by atoms with van der Waals surface area (Å²) in [6.07, 6.45) is 3.48. The molecule has 0 heterocycles. The van der Waals surface area contributed by atoms with Gasteiger partial charge in [0.15, 0.2) is 0 Å². The van der Waals surface area contributed by atoms with Gasteiger partial charge in [-0.25, -0.2) is 0 Å². The van der Waals surface area contributed by atoms with E-state index in [-0.39, 0.29) is 5.97 Å². The second kappa shape index (κ2) is 4.86. The first-order chi connectivity index (χ1) is 9.70. The van der Waals surface area contributed by atoms with Crippen LogP contribution in [0.25, 0.3) is 0 Å². The van der Waals surface area contributed by atoms with Gasteiger partial charge in [-0.15, -0.1) is 0 Å². The van der Waals surface area contributed by atoms with Crippen LogP contribution < -0.4 is 5.48 Å². The van der Waals surface area contributed by atoms with Gasteiger partial charge in [-0.05, 0) is 43.7 Å². The molecule has 0 spiro atoms. The molecule has 0 saturated heterocycles. The van der Waals surface area contributed by atoms with Crippen LogP contribution in [-0.2, 0) is 26.3 Å². The lowest BCUT2D eigenvalue weighted by Crippen LogP contribution is -2.54. The van der Waals surface area contributed by atoms with E-state index in [0.29, 0.717) is 6.61 Å². The number of esters is 1. The fourth-order valence-corrected chi connectivity index (χ4v) is 4.15. The zero-order valence-corrected chi connectivity index (χ0v) is 12.1. The van der Waals surface area contributed by atoms with Crippen LogP contribution in [0.2, 0.25) is 0 Å². The number of rotatable bonds is 4. The summed E-state index contributed by atoms with van der Waals surface area (Å²) in [7, 11) is 1.61. The zero-order chi connectivity index (χ0) is 14.2. The van der Waals surface area contributed by atoms with Crippen LogP contribution in [0.5, 0.6) is 0 Å². The van der Waals surface area contributed by atoms with Crippen molar-refractivity contribution in [1.82, 2.24) is 5.48 Å². The average Bonchev–Trinajstić information content (AvgIpc) is 2.92. The predicted octanol–water partition coefficient (Wildman–Crippen LogP) is 2.32. The predicted molar refractivity (Wildman–Crippen MR) is 74.9 cm³/mol. The maximum atomic E-state index is 12.7. The second-order valence-electron chi connectivity index (χ2n) is 5.70. The minimum Gasteiger partial charge on any atom is -0.465 e. The van der Waals surface area contributed by atoms with Crippen molar-refractivity contribution in [3.8, 4) is 0 Å². The van der Waals surface area contributed by atoms with E-state index in [9.17, 15) is 4.79 Å². The van der Waals surface area contributed by atoms with Gasteiger partial charge < -0.3 is 9.57 Å². The molecule has 2 atom stereocenters. The Labute approximate surface area is 119 Å². The molecule has 0 aliphatic heterocycles. The summed E-state index contributed by atoms with van der Waals surface area (Å²) in [5.74, 6) is -0.0988. The van der Waals surface area contributed by atoms with Gasteiger partial charge in [-0.2, -0.15) is 5.48 Å². The highest BCUT2D eigenvalue weighted by Gasteiger charge is 2.65. The summed E-state index contributed by atoms with van der Waals surface area (Å²) in [5.41, 5.74) is 4.60. The van der Waals surface area contributed by atoms with Crippen molar-refractivity contribution in [2.45, 2.75) is 38.1 Å². The fourth-order valence-electron chi connectivity index (χ4n) is 4.15. The molecule has 1 aromatic rings. The van der Waals surface area contributed by atoms with Gasteiger partial charge >= 0.3 is 5.97 Å². The number of carbonyl (C=O) groups excluding carboxylic acids is 1. The van der Waals surface area contributed by atoms with Crippen molar-refractivity contribution in [3.63, 3.8) is 0 Å². The van der Waals surface area contributed by atoms with Crippen LogP contribution >= 0.6 is 0 Å². The minimum atomic E-state index is -0.525. The Balaban J connectivity index is 2.12. The molecule has 1 fully saturated rings. The molecule has 3 rings (SSSR count). The number of hydroxylamine groups is 1. The molecule has 1 aromatic carbocycles. The SMILES string of the molecule is CCOC(=O)C12CCCC1(NOC)c1ccccc1C2. The Morgan fingerprint density at radius 3 is 2.90 bits per heavy atom. The smallest absolute Gasteiger partial charge is 0.314 e. The van der Waals surface area contributed by atoms with Gasteiger partial charge in [0.2, 0.25) is 0 Å². The molecular weight excluding hydrogens is 254 g/mol. The topological polar surface area (TPSA) is 47.6 Å². The van der Waals surface area contributed by atoms with Crippen molar-refractivity contribution < 1.29 is 14.4 Å². The van der Waals surface area contributed by atoms with Crippen LogP contribution in [0.15, 0.2) is 24.3 Å². The van der Waals surface area contributed by atoms with Gasteiger partial charge in [0.1, 0.15) is 0 Å². The number of ether oxygens (including phenoxy) is 1. The van der Waals surface area contributed by atoms with Crippen LogP contribution in [-0.4, -0.2) is 19.7 Å². The highest BCUT2D eigenvalue weighted by atomic mass is 16.6. The molecule has 2 unspecified atom stereocenters. The van der Waals surface area contributed by atoms with Crippen molar-refractivity contribution in [2.75, 3.05) is 13.7 Å². The fraction of sp³-hybridized carbons (Fsp3) is 0.562. The van der Waals surface area contributed by atoms with Gasteiger partial charge in [-0.1, -0.05) is 24.3 Å². The standard InChI is InChI=1S/C16H21NO3/c1-3-20-14(18)15-9-6-10-16(15,17-19-2)13-8-5-4-7-12(13)11-15/h4-5,7-8,17H,3,6,9-11H2,1-2H3. The Morgan fingerprint density at radius 2 is 2.15 bits per heavy atom. The largest absolute Gasteiger partial charge is 0.465 e. The summed E-state index contributed by atoms with van der Waals surface area (Å²) >= 11 is 0.